The van der Waals surface area contributed by atoms with Crippen LogP contribution in [0.15, 0.2) is 24.3 Å². The summed E-state index contributed by atoms with van der Waals surface area (Å²) in [6.45, 7) is 3.10. The molecule has 0 atom stereocenters. The van der Waals surface area contributed by atoms with Crippen LogP contribution >= 0.6 is 0 Å². The summed E-state index contributed by atoms with van der Waals surface area (Å²) < 4.78 is 2.01. The topological polar surface area (TPSA) is 43.8 Å². The summed E-state index contributed by atoms with van der Waals surface area (Å²) >= 11 is 0. The molecule has 114 valence electrons. The largest absolute Gasteiger partial charge is 0.330 e. The lowest BCUT2D eigenvalue weighted by molar-refractivity contribution is 0.152. The number of hydrogen-bond donors (Lipinski definition) is 1. The molecule has 0 saturated heterocycles. The molecule has 0 radical (unpaired) electrons. The minimum atomic E-state index is 0.267. The summed E-state index contributed by atoms with van der Waals surface area (Å²) in [4.78, 5) is 0. The van der Waals surface area contributed by atoms with E-state index in [0.717, 1.165) is 18.9 Å². The molecule has 1 aromatic carbocycles. The first-order chi connectivity index (χ1) is 10.2. The highest BCUT2D eigenvalue weighted by molar-refractivity contribution is 5.81. The standard InChI is InChI=1S/C18H27N3/c1-3-14-8-10-18(13-19,11-9-14)12-16-15-6-4-5-7-17(15)21(2)20-16/h4-7,14H,3,8-13,19H2,1-2H3. The van der Waals surface area contributed by atoms with Crippen LogP contribution in [0.1, 0.15) is 44.7 Å². The zero-order valence-corrected chi connectivity index (χ0v) is 13.3. The normalized spacial score (nSPS) is 26.3. The van der Waals surface area contributed by atoms with Gasteiger partial charge in [-0.3, -0.25) is 4.68 Å². The van der Waals surface area contributed by atoms with Crippen LogP contribution in [0.3, 0.4) is 0 Å². The third kappa shape index (κ3) is 2.71. The highest BCUT2D eigenvalue weighted by atomic mass is 15.3. The average Bonchev–Trinajstić information content (AvgIpc) is 2.85. The van der Waals surface area contributed by atoms with Crippen LogP contribution in [-0.4, -0.2) is 16.3 Å². The second kappa shape index (κ2) is 5.80. The molecule has 21 heavy (non-hydrogen) atoms. The van der Waals surface area contributed by atoms with Gasteiger partial charge in [0.2, 0.25) is 0 Å². The van der Waals surface area contributed by atoms with Crippen molar-refractivity contribution in [1.29, 1.82) is 0 Å². The molecule has 1 saturated carbocycles. The van der Waals surface area contributed by atoms with E-state index in [1.807, 2.05) is 11.7 Å². The van der Waals surface area contributed by atoms with Gasteiger partial charge in [-0.15, -0.1) is 0 Å². The molecule has 2 aromatic rings. The second-order valence-electron chi connectivity index (χ2n) is 6.82. The van der Waals surface area contributed by atoms with Crippen LogP contribution in [0.25, 0.3) is 10.9 Å². The van der Waals surface area contributed by atoms with Gasteiger partial charge in [-0.1, -0.05) is 31.5 Å². The summed E-state index contributed by atoms with van der Waals surface area (Å²) in [5.41, 5.74) is 8.91. The zero-order valence-electron chi connectivity index (χ0n) is 13.3. The molecule has 3 nitrogen and oxygen atoms in total. The van der Waals surface area contributed by atoms with E-state index in [2.05, 4.69) is 31.2 Å². The molecule has 0 amide bonds. The molecule has 3 heteroatoms. The molecule has 1 aromatic heterocycles. The SMILES string of the molecule is CCC1CCC(CN)(Cc2nn(C)c3ccccc23)CC1. The first-order valence-electron chi connectivity index (χ1n) is 8.28. The van der Waals surface area contributed by atoms with Crippen molar-refractivity contribution in [2.24, 2.45) is 24.1 Å². The van der Waals surface area contributed by atoms with E-state index in [-0.39, 0.29) is 5.41 Å². The Balaban J connectivity index is 1.86. The Kier molecular flexibility index (Phi) is 4.03. The summed E-state index contributed by atoms with van der Waals surface area (Å²) in [6.07, 6.45) is 7.52. The predicted octanol–water partition coefficient (Wildman–Crippen LogP) is 3.66. The zero-order chi connectivity index (χ0) is 14.9. The lowest BCUT2D eigenvalue weighted by atomic mass is 9.67. The van der Waals surface area contributed by atoms with Crippen molar-refractivity contribution in [3.63, 3.8) is 0 Å². The lowest BCUT2D eigenvalue weighted by Gasteiger charge is -2.39. The van der Waals surface area contributed by atoms with E-state index < -0.39 is 0 Å². The van der Waals surface area contributed by atoms with Crippen molar-refractivity contribution in [3.05, 3.63) is 30.0 Å². The monoisotopic (exact) mass is 285 g/mol. The van der Waals surface area contributed by atoms with E-state index in [4.69, 9.17) is 10.8 Å². The van der Waals surface area contributed by atoms with Crippen LogP contribution in [-0.2, 0) is 13.5 Å². The van der Waals surface area contributed by atoms with Crippen LogP contribution in [0, 0.1) is 11.3 Å². The fraction of sp³-hybridized carbons (Fsp3) is 0.611. The number of benzene rings is 1. The molecule has 0 spiro atoms. The maximum Gasteiger partial charge on any atom is 0.0709 e. The van der Waals surface area contributed by atoms with E-state index in [1.165, 1.54) is 48.7 Å². The van der Waals surface area contributed by atoms with Gasteiger partial charge >= 0.3 is 0 Å². The van der Waals surface area contributed by atoms with Gasteiger partial charge in [0.1, 0.15) is 0 Å². The van der Waals surface area contributed by atoms with Crippen molar-refractivity contribution in [3.8, 4) is 0 Å². The first-order valence-corrected chi connectivity index (χ1v) is 8.28. The van der Waals surface area contributed by atoms with Crippen molar-refractivity contribution in [1.82, 2.24) is 9.78 Å². The van der Waals surface area contributed by atoms with Crippen molar-refractivity contribution >= 4 is 10.9 Å². The predicted molar refractivity (Wildman–Crippen MR) is 88.2 cm³/mol. The molecule has 1 heterocycles. The van der Waals surface area contributed by atoms with Crippen LogP contribution in [0.4, 0.5) is 0 Å². The van der Waals surface area contributed by atoms with Gasteiger partial charge in [0.05, 0.1) is 11.2 Å². The number of aryl methyl sites for hydroxylation is 1. The average molecular weight is 285 g/mol. The number of aromatic nitrogens is 2. The quantitative estimate of drug-likeness (QED) is 0.931. The number of nitrogens with zero attached hydrogens (tertiary/aromatic N) is 2. The first kappa shape index (κ1) is 14.6. The van der Waals surface area contributed by atoms with E-state index in [9.17, 15) is 0 Å². The number of para-hydroxylation sites is 1. The molecule has 1 aliphatic carbocycles. The lowest BCUT2D eigenvalue weighted by Crippen LogP contribution is -2.37. The smallest absolute Gasteiger partial charge is 0.0709 e. The van der Waals surface area contributed by atoms with Crippen molar-refractivity contribution < 1.29 is 0 Å². The highest BCUT2D eigenvalue weighted by Gasteiger charge is 2.35. The second-order valence-corrected chi connectivity index (χ2v) is 6.82. The molecular weight excluding hydrogens is 258 g/mol. The minimum Gasteiger partial charge on any atom is -0.330 e. The number of nitrogens with two attached hydrogens (primary N) is 1. The Hall–Kier alpha value is -1.35. The highest BCUT2D eigenvalue weighted by Crippen LogP contribution is 2.42. The van der Waals surface area contributed by atoms with Crippen LogP contribution in [0.5, 0.6) is 0 Å². The Bertz CT molecular complexity index is 606. The Morgan fingerprint density at radius 1 is 1.29 bits per heavy atom. The Morgan fingerprint density at radius 3 is 2.67 bits per heavy atom. The molecular formula is C18H27N3. The number of rotatable bonds is 4. The van der Waals surface area contributed by atoms with Gasteiger partial charge < -0.3 is 5.73 Å². The minimum absolute atomic E-state index is 0.267. The van der Waals surface area contributed by atoms with E-state index in [1.54, 1.807) is 0 Å². The summed E-state index contributed by atoms with van der Waals surface area (Å²) in [6, 6.07) is 8.53. The van der Waals surface area contributed by atoms with Gasteiger partial charge in [0.25, 0.3) is 0 Å². The van der Waals surface area contributed by atoms with E-state index >= 15 is 0 Å². The summed E-state index contributed by atoms with van der Waals surface area (Å²) in [5, 5.41) is 6.07. The number of hydrogen-bond acceptors (Lipinski definition) is 2. The number of fused-ring (bicyclic) bond motifs is 1. The molecule has 1 fully saturated rings. The van der Waals surface area contributed by atoms with Gasteiger partial charge in [0, 0.05) is 12.4 Å². The van der Waals surface area contributed by atoms with Gasteiger partial charge in [-0.2, -0.15) is 5.10 Å². The fourth-order valence-corrected chi connectivity index (χ4v) is 3.93. The molecule has 0 unspecified atom stereocenters. The summed E-state index contributed by atoms with van der Waals surface area (Å²) in [7, 11) is 2.04. The summed E-state index contributed by atoms with van der Waals surface area (Å²) in [5.74, 6) is 0.908. The molecule has 3 rings (SSSR count). The fourth-order valence-electron chi connectivity index (χ4n) is 3.93. The third-order valence-electron chi connectivity index (χ3n) is 5.55. The molecule has 0 bridgehead atoms. The van der Waals surface area contributed by atoms with Crippen LogP contribution in [0.2, 0.25) is 0 Å². The maximum atomic E-state index is 6.19. The van der Waals surface area contributed by atoms with E-state index in [0.29, 0.717) is 0 Å². The Morgan fingerprint density at radius 2 is 2.00 bits per heavy atom. The Labute approximate surface area is 127 Å². The van der Waals surface area contributed by atoms with Crippen molar-refractivity contribution in [2.75, 3.05) is 6.54 Å². The molecule has 2 N–H and O–H groups in total. The van der Waals surface area contributed by atoms with Crippen LogP contribution < -0.4 is 5.73 Å². The molecule has 0 aliphatic heterocycles. The van der Waals surface area contributed by atoms with Crippen molar-refractivity contribution in [2.45, 2.75) is 45.4 Å². The van der Waals surface area contributed by atoms with Gasteiger partial charge in [-0.05, 0) is 56.0 Å². The maximum absolute atomic E-state index is 6.19. The van der Waals surface area contributed by atoms with Gasteiger partial charge in [-0.25, -0.2) is 0 Å². The third-order valence-corrected chi connectivity index (χ3v) is 5.55. The van der Waals surface area contributed by atoms with Gasteiger partial charge in [0.15, 0.2) is 0 Å². The molecule has 1 aliphatic rings.